The standard InChI is InChI=1S/C11H20O3/c1-5-9(10(12)13)7-11(3,4)8-14-6-2/h5H,6-8H2,1-4H3,(H,12,13)/b9-5+. The van der Waals surface area contributed by atoms with E-state index in [0.29, 0.717) is 25.2 Å². The smallest absolute Gasteiger partial charge is 0.331 e. The monoisotopic (exact) mass is 200 g/mol. The molecular formula is C11H20O3. The Morgan fingerprint density at radius 2 is 2.07 bits per heavy atom. The van der Waals surface area contributed by atoms with Gasteiger partial charge in [-0.2, -0.15) is 0 Å². The van der Waals surface area contributed by atoms with Crippen LogP contribution in [0.4, 0.5) is 0 Å². The average Bonchev–Trinajstić information content (AvgIpc) is 2.10. The minimum Gasteiger partial charge on any atom is -0.478 e. The second-order valence-corrected chi connectivity index (χ2v) is 4.10. The fourth-order valence-electron chi connectivity index (χ4n) is 1.25. The third-order valence-corrected chi connectivity index (χ3v) is 1.99. The summed E-state index contributed by atoms with van der Waals surface area (Å²) in [4.78, 5) is 10.8. The molecule has 0 radical (unpaired) electrons. The van der Waals surface area contributed by atoms with Crippen LogP contribution in [0.2, 0.25) is 0 Å². The van der Waals surface area contributed by atoms with Gasteiger partial charge in [-0.15, -0.1) is 0 Å². The predicted molar refractivity (Wildman–Crippen MR) is 56.3 cm³/mol. The fraction of sp³-hybridized carbons (Fsp3) is 0.727. The maximum absolute atomic E-state index is 10.8. The van der Waals surface area contributed by atoms with Crippen LogP contribution in [0.1, 0.15) is 34.1 Å². The molecule has 3 heteroatoms. The molecule has 0 rings (SSSR count). The molecule has 1 N–H and O–H groups in total. The van der Waals surface area contributed by atoms with Crippen LogP contribution in [-0.2, 0) is 9.53 Å². The van der Waals surface area contributed by atoms with Crippen molar-refractivity contribution in [3.05, 3.63) is 11.6 Å². The van der Waals surface area contributed by atoms with Gasteiger partial charge in [0.1, 0.15) is 0 Å². The Labute approximate surface area is 85.8 Å². The highest BCUT2D eigenvalue weighted by molar-refractivity contribution is 5.86. The number of ether oxygens (including phenoxy) is 1. The number of hydrogen-bond acceptors (Lipinski definition) is 2. The Morgan fingerprint density at radius 3 is 2.43 bits per heavy atom. The predicted octanol–water partition coefficient (Wildman–Crippen LogP) is 2.47. The van der Waals surface area contributed by atoms with Crippen molar-refractivity contribution in [1.29, 1.82) is 0 Å². The topological polar surface area (TPSA) is 46.5 Å². The third kappa shape index (κ3) is 5.02. The van der Waals surface area contributed by atoms with Crippen LogP contribution >= 0.6 is 0 Å². The van der Waals surface area contributed by atoms with Crippen LogP contribution in [0.15, 0.2) is 11.6 Å². The van der Waals surface area contributed by atoms with Gasteiger partial charge in [0, 0.05) is 12.2 Å². The van der Waals surface area contributed by atoms with E-state index in [9.17, 15) is 4.79 Å². The lowest BCUT2D eigenvalue weighted by Crippen LogP contribution is -2.22. The van der Waals surface area contributed by atoms with Gasteiger partial charge in [-0.25, -0.2) is 4.79 Å². The Balaban J connectivity index is 4.25. The minimum atomic E-state index is -0.836. The molecule has 82 valence electrons. The van der Waals surface area contributed by atoms with E-state index in [1.807, 2.05) is 20.8 Å². The van der Waals surface area contributed by atoms with Crippen LogP contribution in [0, 0.1) is 5.41 Å². The number of rotatable bonds is 6. The van der Waals surface area contributed by atoms with Gasteiger partial charge < -0.3 is 9.84 Å². The summed E-state index contributed by atoms with van der Waals surface area (Å²) in [7, 11) is 0. The molecule has 0 aromatic rings. The summed E-state index contributed by atoms with van der Waals surface area (Å²) in [5, 5.41) is 8.85. The molecule has 0 unspecified atom stereocenters. The molecule has 14 heavy (non-hydrogen) atoms. The van der Waals surface area contributed by atoms with Crippen molar-refractivity contribution in [1.82, 2.24) is 0 Å². The van der Waals surface area contributed by atoms with E-state index >= 15 is 0 Å². The average molecular weight is 200 g/mol. The number of carboxylic acids is 1. The molecule has 0 bridgehead atoms. The minimum absolute atomic E-state index is 0.115. The van der Waals surface area contributed by atoms with Gasteiger partial charge in [0.2, 0.25) is 0 Å². The van der Waals surface area contributed by atoms with Crippen LogP contribution in [0.5, 0.6) is 0 Å². The maximum atomic E-state index is 10.8. The van der Waals surface area contributed by atoms with Crippen molar-refractivity contribution < 1.29 is 14.6 Å². The van der Waals surface area contributed by atoms with Gasteiger partial charge >= 0.3 is 5.97 Å². The lowest BCUT2D eigenvalue weighted by molar-refractivity contribution is -0.133. The van der Waals surface area contributed by atoms with Gasteiger partial charge in [-0.05, 0) is 25.7 Å². The molecule has 0 fully saturated rings. The van der Waals surface area contributed by atoms with Crippen LogP contribution in [0.3, 0.4) is 0 Å². The second kappa shape index (κ2) is 5.81. The van der Waals surface area contributed by atoms with Gasteiger partial charge in [0.15, 0.2) is 0 Å². The first-order valence-electron chi connectivity index (χ1n) is 4.89. The number of allylic oxidation sites excluding steroid dienone is 1. The molecule has 0 aliphatic heterocycles. The third-order valence-electron chi connectivity index (χ3n) is 1.99. The maximum Gasteiger partial charge on any atom is 0.331 e. The molecular weight excluding hydrogens is 180 g/mol. The fourth-order valence-corrected chi connectivity index (χ4v) is 1.25. The quantitative estimate of drug-likeness (QED) is 0.670. The van der Waals surface area contributed by atoms with E-state index < -0.39 is 5.97 Å². The Morgan fingerprint density at radius 1 is 1.50 bits per heavy atom. The van der Waals surface area contributed by atoms with E-state index in [-0.39, 0.29) is 5.41 Å². The van der Waals surface area contributed by atoms with Gasteiger partial charge in [-0.3, -0.25) is 0 Å². The van der Waals surface area contributed by atoms with E-state index in [2.05, 4.69) is 0 Å². The van der Waals surface area contributed by atoms with Crippen LogP contribution in [-0.4, -0.2) is 24.3 Å². The highest BCUT2D eigenvalue weighted by Crippen LogP contribution is 2.25. The first-order valence-corrected chi connectivity index (χ1v) is 4.89. The van der Waals surface area contributed by atoms with Gasteiger partial charge in [0.25, 0.3) is 0 Å². The van der Waals surface area contributed by atoms with Gasteiger partial charge in [0.05, 0.1) is 6.61 Å². The van der Waals surface area contributed by atoms with Crippen molar-refractivity contribution >= 4 is 5.97 Å². The lowest BCUT2D eigenvalue weighted by atomic mass is 9.86. The summed E-state index contributed by atoms with van der Waals surface area (Å²) in [5.41, 5.74) is 0.339. The normalized spacial score (nSPS) is 13.0. The second-order valence-electron chi connectivity index (χ2n) is 4.10. The molecule has 0 aromatic carbocycles. The zero-order valence-electron chi connectivity index (χ0n) is 9.46. The molecule has 0 saturated carbocycles. The summed E-state index contributed by atoms with van der Waals surface area (Å²) in [6.45, 7) is 8.96. The molecule has 0 aliphatic carbocycles. The largest absolute Gasteiger partial charge is 0.478 e. The number of carboxylic acid groups (broad SMARTS) is 1. The summed E-state index contributed by atoms with van der Waals surface area (Å²) in [5.74, 6) is -0.836. The van der Waals surface area contributed by atoms with Crippen LogP contribution < -0.4 is 0 Å². The van der Waals surface area contributed by atoms with Crippen LogP contribution in [0.25, 0.3) is 0 Å². The van der Waals surface area contributed by atoms with Crippen molar-refractivity contribution in [2.24, 2.45) is 5.41 Å². The molecule has 0 saturated heterocycles. The summed E-state index contributed by atoms with van der Waals surface area (Å²) < 4.78 is 5.30. The number of aliphatic carboxylic acids is 1. The summed E-state index contributed by atoms with van der Waals surface area (Å²) in [6.07, 6.45) is 2.19. The molecule has 0 aromatic heterocycles. The van der Waals surface area contributed by atoms with Crippen molar-refractivity contribution in [3.8, 4) is 0 Å². The molecule has 0 spiro atoms. The Bertz CT molecular complexity index is 217. The highest BCUT2D eigenvalue weighted by atomic mass is 16.5. The molecule has 0 amide bonds. The van der Waals surface area contributed by atoms with Crippen molar-refractivity contribution in [2.75, 3.05) is 13.2 Å². The van der Waals surface area contributed by atoms with E-state index in [1.54, 1.807) is 13.0 Å². The molecule has 3 nitrogen and oxygen atoms in total. The molecule has 0 heterocycles. The Kier molecular flexibility index (Phi) is 5.46. The summed E-state index contributed by atoms with van der Waals surface area (Å²) >= 11 is 0. The van der Waals surface area contributed by atoms with Gasteiger partial charge in [-0.1, -0.05) is 19.9 Å². The van der Waals surface area contributed by atoms with E-state index in [4.69, 9.17) is 9.84 Å². The highest BCUT2D eigenvalue weighted by Gasteiger charge is 2.22. The van der Waals surface area contributed by atoms with E-state index in [0.717, 1.165) is 0 Å². The summed E-state index contributed by atoms with van der Waals surface area (Å²) in [6, 6.07) is 0. The first-order chi connectivity index (χ1) is 6.43. The number of hydrogen-bond donors (Lipinski definition) is 1. The molecule has 0 aliphatic rings. The number of carbonyl (C=O) groups is 1. The molecule has 0 atom stereocenters. The lowest BCUT2D eigenvalue weighted by Gasteiger charge is -2.24. The first kappa shape index (κ1) is 13.2. The van der Waals surface area contributed by atoms with Crippen molar-refractivity contribution in [3.63, 3.8) is 0 Å². The Hall–Kier alpha value is -0.830. The SMILES string of the molecule is C/C=C(\CC(C)(C)COCC)C(=O)O. The zero-order chi connectivity index (χ0) is 11.2. The zero-order valence-corrected chi connectivity index (χ0v) is 9.46. The van der Waals surface area contributed by atoms with Crippen molar-refractivity contribution in [2.45, 2.75) is 34.1 Å². The van der Waals surface area contributed by atoms with E-state index in [1.165, 1.54) is 0 Å².